The van der Waals surface area contributed by atoms with Gasteiger partial charge in [0.15, 0.2) is 0 Å². The molecule has 0 saturated carbocycles. The van der Waals surface area contributed by atoms with E-state index in [9.17, 15) is 4.79 Å². The molecule has 0 unspecified atom stereocenters. The minimum Gasteiger partial charge on any atom is -0.468 e. The lowest BCUT2D eigenvalue weighted by Crippen LogP contribution is -2.61. The molecule has 1 amide bonds. The molecule has 2 aliphatic rings. The van der Waals surface area contributed by atoms with Gasteiger partial charge in [-0.15, -0.1) is 0 Å². The minimum absolute atomic E-state index is 0.0523. The fraction of sp³-hybridized carbons (Fsp3) is 0.688. The van der Waals surface area contributed by atoms with Crippen molar-refractivity contribution in [2.24, 2.45) is 0 Å². The number of likely N-dealkylation sites (tertiary alicyclic amines) is 2. The van der Waals surface area contributed by atoms with Crippen LogP contribution < -0.4 is 0 Å². The predicted molar refractivity (Wildman–Crippen MR) is 77.2 cm³/mol. The van der Waals surface area contributed by atoms with E-state index in [1.807, 2.05) is 24.1 Å². The van der Waals surface area contributed by atoms with Crippen molar-refractivity contribution < 1.29 is 9.21 Å². The summed E-state index contributed by atoms with van der Waals surface area (Å²) in [4.78, 5) is 16.6. The van der Waals surface area contributed by atoms with E-state index in [1.165, 1.54) is 0 Å². The van der Waals surface area contributed by atoms with E-state index in [0.29, 0.717) is 18.4 Å². The average molecular weight is 276 g/mol. The van der Waals surface area contributed by atoms with Crippen molar-refractivity contribution in [3.05, 3.63) is 24.2 Å². The van der Waals surface area contributed by atoms with E-state index in [1.54, 1.807) is 6.26 Å². The van der Waals surface area contributed by atoms with E-state index in [0.717, 1.165) is 44.5 Å². The molecule has 3 heterocycles. The van der Waals surface area contributed by atoms with E-state index < -0.39 is 0 Å². The van der Waals surface area contributed by atoms with Gasteiger partial charge in [0.25, 0.3) is 0 Å². The Morgan fingerprint density at radius 3 is 2.90 bits per heavy atom. The van der Waals surface area contributed by atoms with E-state index >= 15 is 0 Å². The third-order valence-corrected chi connectivity index (χ3v) is 5.26. The Bertz CT molecular complexity index is 471. The molecule has 2 atom stereocenters. The minimum atomic E-state index is 0.0523. The highest BCUT2D eigenvalue weighted by atomic mass is 16.3. The van der Waals surface area contributed by atoms with Gasteiger partial charge < -0.3 is 9.32 Å². The molecule has 0 aliphatic carbocycles. The average Bonchev–Trinajstić information content (AvgIpc) is 3.05. The number of hydrogen-bond donors (Lipinski definition) is 0. The molecule has 1 aromatic heterocycles. The van der Waals surface area contributed by atoms with Crippen LogP contribution in [0.15, 0.2) is 22.8 Å². The zero-order chi connectivity index (χ0) is 14.2. The van der Waals surface area contributed by atoms with E-state index in [4.69, 9.17) is 4.42 Å². The van der Waals surface area contributed by atoms with Crippen molar-refractivity contribution >= 4 is 5.91 Å². The first-order valence-electron chi connectivity index (χ1n) is 7.70. The fourth-order valence-corrected chi connectivity index (χ4v) is 4.27. The third kappa shape index (κ3) is 2.06. The highest BCUT2D eigenvalue weighted by Gasteiger charge is 2.51. The van der Waals surface area contributed by atoms with Gasteiger partial charge in [-0.3, -0.25) is 9.69 Å². The van der Waals surface area contributed by atoms with Gasteiger partial charge in [0.05, 0.1) is 18.3 Å². The quantitative estimate of drug-likeness (QED) is 0.851. The second kappa shape index (κ2) is 5.24. The summed E-state index contributed by atoms with van der Waals surface area (Å²) in [6, 6.07) is 4.43. The molecule has 3 rings (SSSR count). The Hall–Kier alpha value is -1.29. The summed E-state index contributed by atoms with van der Waals surface area (Å²) in [5, 5.41) is 0. The van der Waals surface area contributed by atoms with Crippen molar-refractivity contribution in [2.75, 3.05) is 13.6 Å². The van der Waals surface area contributed by atoms with Gasteiger partial charge in [0, 0.05) is 19.5 Å². The van der Waals surface area contributed by atoms with Crippen molar-refractivity contribution in [3.8, 4) is 0 Å². The van der Waals surface area contributed by atoms with Crippen LogP contribution >= 0.6 is 0 Å². The van der Waals surface area contributed by atoms with Crippen LogP contribution in [-0.4, -0.2) is 40.9 Å². The van der Waals surface area contributed by atoms with Gasteiger partial charge >= 0.3 is 0 Å². The van der Waals surface area contributed by atoms with Crippen LogP contribution in [0.3, 0.4) is 0 Å². The lowest BCUT2D eigenvalue weighted by atomic mass is 9.77. The molecule has 110 valence electrons. The molecule has 2 fully saturated rings. The van der Waals surface area contributed by atoms with E-state index in [-0.39, 0.29) is 5.54 Å². The molecule has 0 bridgehead atoms. The Morgan fingerprint density at radius 1 is 1.45 bits per heavy atom. The number of piperidine rings is 1. The lowest BCUT2D eigenvalue weighted by molar-refractivity contribution is -0.133. The molecule has 4 nitrogen and oxygen atoms in total. The van der Waals surface area contributed by atoms with Gasteiger partial charge in [-0.1, -0.05) is 6.92 Å². The maximum atomic E-state index is 12.0. The summed E-state index contributed by atoms with van der Waals surface area (Å²) >= 11 is 0. The summed E-state index contributed by atoms with van der Waals surface area (Å²) in [7, 11) is 1.99. The monoisotopic (exact) mass is 276 g/mol. The Balaban J connectivity index is 1.84. The first-order chi connectivity index (χ1) is 9.67. The number of nitrogens with zero attached hydrogens (tertiary/aromatic N) is 2. The molecule has 0 N–H and O–H groups in total. The zero-order valence-corrected chi connectivity index (χ0v) is 12.5. The Kier molecular flexibility index (Phi) is 3.59. The predicted octanol–water partition coefficient (Wildman–Crippen LogP) is 2.65. The molecule has 0 aromatic carbocycles. The van der Waals surface area contributed by atoms with Crippen LogP contribution in [0.1, 0.15) is 44.8 Å². The van der Waals surface area contributed by atoms with Crippen LogP contribution in [0.2, 0.25) is 0 Å². The van der Waals surface area contributed by atoms with Crippen LogP contribution in [0.5, 0.6) is 0 Å². The normalized spacial score (nSPS) is 31.4. The summed E-state index contributed by atoms with van der Waals surface area (Å²) in [5.74, 6) is 1.33. The Labute approximate surface area is 120 Å². The second-order valence-corrected chi connectivity index (χ2v) is 6.13. The molecule has 2 aliphatic heterocycles. The van der Waals surface area contributed by atoms with Crippen molar-refractivity contribution in [1.29, 1.82) is 0 Å². The van der Waals surface area contributed by atoms with Crippen molar-refractivity contribution in [2.45, 2.75) is 57.2 Å². The number of likely N-dealkylation sites (N-methyl/N-ethyl adjacent to an activating group) is 1. The maximum Gasteiger partial charge on any atom is 0.222 e. The second-order valence-electron chi connectivity index (χ2n) is 6.13. The molecular weight excluding hydrogens is 252 g/mol. The number of rotatable bonds is 3. The summed E-state index contributed by atoms with van der Waals surface area (Å²) in [6.07, 6.45) is 6.84. The van der Waals surface area contributed by atoms with Crippen LogP contribution in [0.25, 0.3) is 0 Å². The van der Waals surface area contributed by atoms with Crippen molar-refractivity contribution in [3.63, 3.8) is 0 Å². The summed E-state index contributed by atoms with van der Waals surface area (Å²) in [6.45, 7) is 4.20. The zero-order valence-electron chi connectivity index (χ0n) is 12.5. The lowest BCUT2D eigenvalue weighted by Gasteiger charge is -2.51. The molecule has 0 radical (unpaired) electrons. The van der Waals surface area contributed by atoms with Crippen molar-refractivity contribution in [1.82, 2.24) is 9.80 Å². The van der Waals surface area contributed by atoms with Gasteiger partial charge in [0.2, 0.25) is 5.91 Å². The first-order valence-corrected chi connectivity index (χ1v) is 7.70. The molecule has 2 saturated heterocycles. The Morgan fingerprint density at radius 2 is 2.30 bits per heavy atom. The highest BCUT2D eigenvalue weighted by Crippen LogP contribution is 2.42. The summed E-state index contributed by atoms with van der Waals surface area (Å²) in [5.41, 5.74) is 0.0523. The van der Waals surface area contributed by atoms with Crippen LogP contribution in [0, 0.1) is 0 Å². The van der Waals surface area contributed by atoms with Gasteiger partial charge in [-0.05, 0) is 44.4 Å². The molecular formula is C16H24N2O2. The number of hydrogen-bond acceptors (Lipinski definition) is 3. The molecule has 1 spiro atoms. The van der Waals surface area contributed by atoms with Crippen LogP contribution in [0.4, 0.5) is 0 Å². The number of carbonyl (C=O) groups is 1. The standard InChI is InChI=1S/C16H24N2O2/c1-3-14-16(9-7-15(19)17(16)2)8-5-10-18(14)12-13-6-4-11-20-13/h4,6,11,14H,3,5,7-10,12H2,1-2H3/t14-,16+/m1/s1. The number of amides is 1. The SMILES string of the molecule is CC[C@H]1N(Cc2ccco2)CCC[C@]12CCC(=O)N2C. The molecule has 4 heteroatoms. The topological polar surface area (TPSA) is 36.7 Å². The largest absolute Gasteiger partial charge is 0.468 e. The number of carbonyl (C=O) groups excluding carboxylic acids is 1. The molecule has 20 heavy (non-hydrogen) atoms. The fourth-order valence-electron chi connectivity index (χ4n) is 4.27. The number of furan rings is 1. The van der Waals surface area contributed by atoms with E-state index in [2.05, 4.69) is 11.8 Å². The summed E-state index contributed by atoms with van der Waals surface area (Å²) < 4.78 is 5.51. The third-order valence-electron chi connectivity index (χ3n) is 5.26. The highest BCUT2D eigenvalue weighted by molar-refractivity contribution is 5.79. The maximum absolute atomic E-state index is 12.0. The van der Waals surface area contributed by atoms with Crippen LogP contribution in [-0.2, 0) is 11.3 Å². The first kappa shape index (κ1) is 13.7. The van der Waals surface area contributed by atoms with Gasteiger partial charge in [-0.2, -0.15) is 0 Å². The molecule has 1 aromatic rings. The van der Waals surface area contributed by atoms with Gasteiger partial charge in [0.1, 0.15) is 5.76 Å². The smallest absolute Gasteiger partial charge is 0.222 e. The van der Waals surface area contributed by atoms with Gasteiger partial charge in [-0.25, -0.2) is 0 Å².